The summed E-state index contributed by atoms with van der Waals surface area (Å²) in [4.78, 5) is 19.7. The molecule has 3 rings (SSSR count). The quantitative estimate of drug-likeness (QED) is 0.769. The number of likely N-dealkylation sites (tertiary alicyclic amines) is 1. The molecule has 2 aliphatic heterocycles. The van der Waals surface area contributed by atoms with E-state index in [0.29, 0.717) is 18.9 Å². The Bertz CT molecular complexity index is 643. The van der Waals surface area contributed by atoms with Crippen LogP contribution in [0.3, 0.4) is 0 Å². The van der Waals surface area contributed by atoms with Gasteiger partial charge in [0, 0.05) is 25.2 Å². The van der Waals surface area contributed by atoms with Crippen molar-refractivity contribution in [3.8, 4) is 0 Å². The van der Waals surface area contributed by atoms with E-state index in [1.807, 2.05) is 25.7 Å². The third-order valence-corrected chi connectivity index (χ3v) is 4.42. The Morgan fingerprint density at radius 2 is 1.76 bits per heavy atom. The van der Waals surface area contributed by atoms with Gasteiger partial charge < -0.3 is 14.5 Å². The number of alkyl halides is 3. The highest BCUT2D eigenvalue weighted by atomic mass is 19.4. The number of hydrogen-bond donors (Lipinski definition) is 0. The molecule has 0 N–H and O–H groups in total. The second kappa shape index (κ2) is 6.07. The van der Waals surface area contributed by atoms with Crippen LogP contribution in [0.15, 0.2) is 18.2 Å². The molecule has 0 spiro atoms. The number of amides is 1. The summed E-state index contributed by atoms with van der Waals surface area (Å²) in [5, 5.41) is 0. The predicted molar refractivity (Wildman–Crippen MR) is 86.3 cm³/mol. The summed E-state index contributed by atoms with van der Waals surface area (Å²) >= 11 is 0. The van der Waals surface area contributed by atoms with Crippen molar-refractivity contribution in [2.24, 2.45) is 0 Å². The monoisotopic (exact) mass is 357 g/mol. The number of ether oxygens (including phenoxy) is 1. The number of carbonyl (C=O) groups is 1. The molecule has 8 heteroatoms. The molecule has 0 saturated carbocycles. The number of aromatic nitrogens is 1. The lowest BCUT2D eigenvalue weighted by Gasteiger charge is -2.42. The normalized spacial score (nSPS) is 23.8. The first-order chi connectivity index (χ1) is 11.5. The van der Waals surface area contributed by atoms with E-state index in [9.17, 15) is 18.0 Å². The van der Waals surface area contributed by atoms with Crippen molar-refractivity contribution in [3.63, 3.8) is 0 Å². The predicted octanol–water partition coefficient (Wildman–Crippen LogP) is 3.69. The molecular weight excluding hydrogens is 335 g/mol. The fourth-order valence-corrected chi connectivity index (χ4v) is 3.48. The molecule has 3 heterocycles. The first-order valence-corrected chi connectivity index (χ1v) is 8.35. The zero-order valence-corrected chi connectivity index (χ0v) is 14.5. The van der Waals surface area contributed by atoms with Crippen LogP contribution >= 0.6 is 0 Å². The van der Waals surface area contributed by atoms with Crippen molar-refractivity contribution in [3.05, 3.63) is 23.9 Å². The average molecular weight is 357 g/mol. The van der Waals surface area contributed by atoms with Crippen molar-refractivity contribution in [2.75, 3.05) is 18.0 Å². The standard InChI is InChI=1S/C17H22F3N3O2/c1-16(2,3)25-15(24)22-9-11-7-8-12(10-22)23(11)14-6-4-5-13(21-14)17(18,19)20/h4-6,11-12H,7-10H2,1-3H3/t11-,12+. The minimum Gasteiger partial charge on any atom is -0.444 e. The Morgan fingerprint density at radius 3 is 2.28 bits per heavy atom. The third kappa shape index (κ3) is 3.82. The van der Waals surface area contributed by atoms with Crippen molar-refractivity contribution < 1.29 is 22.7 Å². The lowest BCUT2D eigenvalue weighted by atomic mass is 10.2. The molecule has 2 fully saturated rings. The second-order valence-corrected chi connectivity index (χ2v) is 7.56. The summed E-state index contributed by atoms with van der Waals surface area (Å²) in [6.07, 6.45) is -3.20. The van der Waals surface area contributed by atoms with E-state index in [2.05, 4.69) is 4.98 Å². The van der Waals surface area contributed by atoms with Gasteiger partial charge in [-0.1, -0.05) is 6.07 Å². The lowest BCUT2D eigenvalue weighted by Crippen LogP contribution is -2.56. The van der Waals surface area contributed by atoms with Crippen LogP contribution < -0.4 is 4.90 Å². The maximum Gasteiger partial charge on any atom is 0.433 e. The van der Waals surface area contributed by atoms with Gasteiger partial charge in [-0.05, 0) is 45.7 Å². The van der Waals surface area contributed by atoms with Gasteiger partial charge in [-0.15, -0.1) is 0 Å². The Morgan fingerprint density at radius 1 is 1.16 bits per heavy atom. The molecule has 0 unspecified atom stereocenters. The zero-order chi connectivity index (χ0) is 18.4. The van der Waals surface area contributed by atoms with E-state index in [4.69, 9.17) is 4.74 Å². The highest BCUT2D eigenvalue weighted by Crippen LogP contribution is 2.36. The summed E-state index contributed by atoms with van der Waals surface area (Å²) in [6.45, 7) is 6.29. The number of piperazine rings is 1. The maximum atomic E-state index is 12.9. The van der Waals surface area contributed by atoms with Crippen LogP contribution in [0.1, 0.15) is 39.3 Å². The fourth-order valence-electron chi connectivity index (χ4n) is 3.48. The number of fused-ring (bicyclic) bond motifs is 2. The number of carbonyl (C=O) groups excluding carboxylic acids is 1. The van der Waals surface area contributed by atoms with Crippen LogP contribution in [-0.2, 0) is 10.9 Å². The van der Waals surface area contributed by atoms with Crippen molar-refractivity contribution in [1.29, 1.82) is 0 Å². The van der Waals surface area contributed by atoms with Gasteiger partial charge in [-0.2, -0.15) is 13.2 Å². The molecule has 0 aliphatic carbocycles. The van der Waals surface area contributed by atoms with Gasteiger partial charge in [0.2, 0.25) is 0 Å². The molecular formula is C17H22F3N3O2. The van der Waals surface area contributed by atoms with Crippen LogP contribution in [0.25, 0.3) is 0 Å². The summed E-state index contributed by atoms with van der Waals surface area (Å²) in [5.74, 6) is 0.325. The van der Waals surface area contributed by atoms with Gasteiger partial charge in [0.1, 0.15) is 17.1 Å². The Labute approximate surface area is 144 Å². The van der Waals surface area contributed by atoms with Crippen LogP contribution in [0.2, 0.25) is 0 Å². The number of nitrogens with zero attached hydrogens (tertiary/aromatic N) is 3. The average Bonchev–Trinajstić information content (AvgIpc) is 2.75. The molecule has 2 aliphatic rings. The van der Waals surface area contributed by atoms with Gasteiger partial charge >= 0.3 is 12.3 Å². The van der Waals surface area contributed by atoms with Crippen LogP contribution in [0.5, 0.6) is 0 Å². The number of anilines is 1. The van der Waals surface area contributed by atoms with Gasteiger partial charge in [-0.25, -0.2) is 9.78 Å². The zero-order valence-electron chi connectivity index (χ0n) is 14.5. The van der Waals surface area contributed by atoms with E-state index in [0.717, 1.165) is 18.9 Å². The molecule has 2 saturated heterocycles. The van der Waals surface area contributed by atoms with Crippen LogP contribution in [0, 0.1) is 0 Å². The fraction of sp³-hybridized carbons (Fsp3) is 0.647. The number of rotatable bonds is 1. The second-order valence-electron chi connectivity index (χ2n) is 7.56. The van der Waals surface area contributed by atoms with Crippen molar-refractivity contribution >= 4 is 11.9 Å². The number of hydrogen-bond acceptors (Lipinski definition) is 4. The first kappa shape index (κ1) is 17.8. The topological polar surface area (TPSA) is 45.7 Å². The van der Waals surface area contributed by atoms with E-state index >= 15 is 0 Å². The molecule has 1 amide bonds. The van der Waals surface area contributed by atoms with E-state index in [1.165, 1.54) is 6.07 Å². The molecule has 25 heavy (non-hydrogen) atoms. The van der Waals surface area contributed by atoms with E-state index in [1.54, 1.807) is 11.0 Å². The van der Waals surface area contributed by atoms with Gasteiger partial charge in [-0.3, -0.25) is 0 Å². The maximum absolute atomic E-state index is 12.9. The van der Waals surface area contributed by atoms with Crippen molar-refractivity contribution in [1.82, 2.24) is 9.88 Å². The summed E-state index contributed by atoms with van der Waals surface area (Å²) in [5.41, 5.74) is -1.46. The highest BCUT2D eigenvalue weighted by Gasteiger charge is 2.43. The number of pyridine rings is 1. The largest absolute Gasteiger partial charge is 0.444 e. The Balaban J connectivity index is 1.76. The summed E-state index contributed by atoms with van der Waals surface area (Å²) in [6, 6.07) is 3.88. The van der Waals surface area contributed by atoms with Gasteiger partial charge in [0.25, 0.3) is 0 Å². The first-order valence-electron chi connectivity index (χ1n) is 8.35. The molecule has 1 aromatic rings. The SMILES string of the molecule is CC(C)(C)OC(=O)N1C[C@H]2CC[C@@H](C1)N2c1cccc(C(F)(F)F)n1. The van der Waals surface area contributed by atoms with Crippen molar-refractivity contribution in [2.45, 2.75) is 57.5 Å². The smallest absolute Gasteiger partial charge is 0.433 e. The molecule has 0 radical (unpaired) electrons. The lowest BCUT2D eigenvalue weighted by molar-refractivity contribution is -0.141. The molecule has 1 aromatic heterocycles. The highest BCUT2D eigenvalue weighted by molar-refractivity contribution is 5.69. The van der Waals surface area contributed by atoms with E-state index < -0.39 is 17.5 Å². The third-order valence-electron chi connectivity index (χ3n) is 4.42. The molecule has 5 nitrogen and oxygen atoms in total. The Kier molecular flexibility index (Phi) is 4.33. The number of halogens is 3. The van der Waals surface area contributed by atoms with Crippen LogP contribution in [-0.4, -0.2) is 46.8 Å². The molecule has 2 bridgehead atoms. The minimum atomic E-state index is -4.46. The summed E-state index contributed by atoms with van der Waals surface area (Å²) in [7, 11) is 0. The Hall–Kier alpha value is -1.99. The van der Waals surface area contributed by atoms with Crippen LogP contribution in [0.4, 0.5) is 23.8 Å². The van der Waals surface area contributed by atoms with Gasteiger partial charge in [0.05, 0.1) is 0 Å². The molecule has 138 valence electrons. The molecule has 0 aromatic carbocycles. The summed E-state index contributed by atoms with van der Waals surface area (Å²) < 4.78 is 44.2. The minimum absolute atomic E-state index is 0.0396. The van der Waals surface area contributed by atoms with Gasteiger partial charge in [0.15, 0.2) is 0 Å². The van der Waals surface area contributed by atoms with E-state index in [-0.39, 0.29) is 18.2 Å². The molecule has 2 atom stereocenters.